The highest BCUT2D eigenvalue weighted by Gasteiger charge is 1.98. The van der Waals surface area contributed by atoms with Crippen LogP contribution in [0.5, 0.6) is 0 Å². The number of H-pyrrole nitrogens is 1. The molecule has 0 atom stereocenters. The summed E-state index contributed by atoms with van der Waals surface area (Å²) in [7, 11) is 0. The van der Waals surface area contributed by atoms with E-state index in [0.29, 0.717) is 5.65 Å². The molecule has 0 aliphatic rings. The Balaban J connectivity index is 3.12. The minimum atomic E-state index is -0.251. The molecule has 0 aliphatic carbocycles. The van der Waals surface area contributed by atoms with E-state index in [1.807, 2.05) is 13.0 Å². The van der Waals surface area contributed by atoms with Gasteiger partial charge in [-0.3, -0.25) is 9.38 Å². The van der Waals surface area contributed by atoms with E-state index < -0.39 is 0 Å². The molecule has 0 aliphatic heterocycles. The number of aromatic nitrogens is 3. The van der Waals surface area contributed by atoms with E-state index in [2.05, 4.69) is 9.97 Å². The maximum Gasteiger partial charge on any atom is 0.333 e. The van der Waals surface area contributed by atoms with Crippen molar-refractivity contribution in [2.24, 2.45) is 0 Å². The number of pyridine rings is 1. The molecule has 0 radical (unpaired) electrons. The smallest absolute Gasteiger partial charge is 0.282 e. The first-order valence-electron chi connectivity index (χ1n) is 3.77. The standard InChI is InChI=1S/C8H7N3OS/c1-5-3-2-4-11-6(5)9-7(13)10-8(11)12/h2-4H,1H3,(H,10,12,13). The zero-order valence-corrected chi connectivity index (χ0v) is 7.76. The van der Waals surface area contributed by atoms with Crippen molar-refractivity contribution >= 4 is 17.9 Å². The highest BCUT2D eigenvalue weighted by molar-refractivity contribution is 7.71. The summed E-state index contributed by atoms with van der Waals surface area (Å²) in [6, 6.07) is 3.68. The molecule has 2 heterocycles. The number of aromatic amines is 1. The molecular formula is C8H7N3OS. The van der Waals surface area contributed by atoms with Crippen molar-refractivity contribution in [3.05, 3.63) is 39.1 Å². The Morgan fingerprint density at radius 1 is 1.62 bits per heavy atom. The van der Waals surface area contributed by atoms with Gasteiger partial charge in [-0.1, -0.05) is 6.07 Å². The van der Waals surface area contributed by atoms with Crippen molar-refractivity contribution in [2.45, 2.75) is 6.92 Å². The van der Waals surface area contributed by atoms with Crippen LogP contribution in [-0.2, 0) is 0 Å². The molecule has 66 valence electrons. The van der Waals surface area contributed by atoms with Gasteiger partial charge in [-0.05, 0) is 30.8 Å². The zero-order valence-electron chi connectivity index (χ0n) is 6.94. The topological polar surface area (TPSA) is 50.2 Å². The summed E-state index contributed by atoms with van der Waals surface area (Å²) >= 11 is 4.81. The monoisotopic (exact) mass is 193 g/mol. The van der Waals surface area contributed by atoms with Crippen molar-refractivity contribution in [3.8, 4) is 0 Å². The predicted molar refractivity (Wildman–Crippen MR) is 51.4 cm³/mol. The SMILES string of the molecule is Cc1cccn2c(=O)[nH]c(=S)nc12. The first-order valence-corrected chi connectivity index (χ1v) is 4.17. The Hall–Kier alpha value is -1.49. The predicted octanol–water partition coefficient (Wildman–Crippen LogP) is 1.06. The number of rotatable bonds is 0. The molecular weight excluding hydrogens is 186 g/mol. The summed E-state index contributed by atoms with van der Waals surface area (Å²) in [6.45, 7) is 1.89. The van der Waals surface area contributed by atoms with E-state index in [4.69, 9.17) is 12.2 Å². The Morgan fingerprint density at radius 2 is 2.38 bits per heavy atom. The van der Waals surface area contributed by atoms with Crippen molar-refractivity contribution in [3.63, 3.8) is 0 Å². The van der Waals surface area contributed by atoms with Gasteiger partial charge in [0.05, 0.1) is 0 Å². The van der Waals surface area contributed by atoms with Crippen LogP contribution in [-0.4, -0.2) is 14.4 Å². The third-order valence-corrected chi connectivity index (χ3v) is 2.00. The first-order chi connectivity index (χ1) is 6.18. The maximum atomic E-state index is 11.4. The fourth-order valence-electron chi connectivity index (χ4n) is 1.19. The molecule has 0 saturated heterocycles. The largest absolute Gasteiger partial charge is 0.333 e. The molecule has 0 bridgehead atoms. The molecule has 5 heteroatoms. The van der Waals surface area contributed by atoms with Gasteiger partial charge in [0, 0.05) is 6.20 Å². The molecule has 13 heavy (non-hydrogen) atoms. The third kappa shape index (κ3) is 1.27. The van der Waals surface area contributed by atoms with E-state index in [1.54, 1.807) is 12.3 Å². The molecule has 0 fully saturated rings. The van der Waals surface area contributed by atoms with E-state index in [-0.39, 0.29) is 10.5 Å². The van der Waals surface area contributed by atoms with Crippen LogP contribution in [0.15, 0.2) is 23.1 Å². The minimum absolute atomic E-state index is 0.222. The lowest BCUT2D eigenvalue weighted by Crippen LogP contribution is -2.18. The average Bonchev–Trinajstić information content (AvgIpc) is 2.07. The highest BCUT2D eigenvalue weighted by atomic mass is 32.1. The lowest BCUT2D eigenvalue weighted by molar-refractivity contribution is 0.921. The van der Waals surface area contributed by atoms with Crippen LogP contribution in [0.2, 0.25) is 0 Å². The van der Waals surface area contributed by atoms with Crippen LogP contribution >= 0.6 is 12.2 Å². The maximum absolute atomic E-state index is 11.4. The number of hydrogen-bond acceptors (Lipinski definition) is 3. The van der Waals surface area contributed by atoms with Crippen LogP contribution in [0.1, 0.15) is 5.56 Å². The lowest BCUT2D eigenvalue weighted by Gasteiger charge is -2.00. The molecule has 0 aromatic carbocycles. The van der Waals surface area contributed by atoms with Gasteiger partial charge in [0.15, 0.2) is 0 Å². The van der Waals surface area contributed by atoms with E-state index >= 15 is 0 Å². The van der Waals surface area contributed by atoms with Gasteiger partial charge >= 0.3 is 5.69 Å². The second kappa shape index (κ2) is 2.77. The molecule has 0 spiro atoms. The molecule has 0 unspecified atom stereocenters. The van der Waals surface area contributed by atoms with Crippen LogP contribution in [0, 0.1) is 11.7 Å². The summed E-state index contributed by atoms with van der Waals surface area (Å²) in [6.07, 6.45) is 1.66. The van der Waals surface area contributed by atoms with Gasteiger partial charge in [0.25, 0.3) is 0 Å². The fourth-order valence-corrected chi connectivity index (χ4v) is 1.36. The van der Waals surface area contributed by atoms with Crippen LogP contribution in [0.3, 0.4) is 0 Å². The van der Waals surface area contributed by atoms with Crippen molar-refractivity contribution in [1.29, 1.82) is 0 Å². The molecule has 2 aromatic rings. The van der Waals surface area contributed by atoms with Crippen LogP contribution < -0.4 is 5.69 Å². The van der Waals surface area contributed by atoms with Gasteiger partial charge < -0.3 is 0 Å². The number of hydrogen-bond donors (Lipinski definition) is 1. The number of fused-ring (bicyclic) bond motifs is 1. The zero-order chi connectivity index (χ0) is 9.42. The molecule has 4 nitrogen and oxygen atoms in total. The van der Waals surface area contributed by atoms with Crippen molar-refractivity contribution < 1.29 is 0 Å². The Bertz CT molecular complexity index is 569. The Kier molecular flexibility index (Phi) is 1.73. The van der Waals surface area contributed by atoms with Crippen LogP contribution in [0.4, 0.5) is 0 Å². The van der Waals surface area contributed by atoms with Gasteiger partial charge in [0.1, 0.15) is 5.65 Å². The Labute approximate surface area is 78.9 Å². The van der Waals surface area contributed by atoms with E-state index in [0.717, 1.165) is 5.56 Å². The van der Waals surface area contributed by atoms with E-state index in [9.17, 15) is 4.79 Å². The second-order valence-corrected chi connectivity index (χ2v) is 3.12. The molecule has 0 amide bonds. The fraction of sp³-hybridized carbons (Fsp3) is 0.125. The molecule has 2 aromatic heterocycles. The number of nitrogens with zero attached hydrogens (tertiary/aromatic N) is 2. The first kappa shape index (κ1) is 8.12. The van der Waals surface area contributed by atoms with Gasteiger partial charge in [-0.25, -0.2) is 9.78 Å². The molecule has 2 rings (SSSR count). The number of aryl methyl sites for hydroxylation is 1. The summed E-state index contributed by atoms with van der Waals surface area (Å²) in [5.74, 6) is 0. The quantitative estimate of drug-likeness (QED) is 0.636. The van der Waals surface area contributed by atoms with Crippen molar-refractivity contribution in [2.75, 3.05) is 0 Å². The second-order valence-electron chi connectivity index (χ2n) is 2.73. The molecule has 1 N–H and O–H groups in total. The summed E-state index contributed by atoms with van der Waals surface area (Å²) in [5.41, 5.74) is 1.29. The highest BCUT2D eigenvalue weighted by Crippen LogP contribution is 2.02. The summed E-state index contributed by atoms with van der Waals surface area (Å²) in [5, 5.41) is 0. The normalized spacial score (nSPS) is 10.5. The molecule has 0 saturated carbocycles. The van der Waals surface area contributed by atoms with Crippen molar-refractivity contribution in [1.82, 2.24) is 14.4 Å². The lowest BCUT2D eigenvalue weighted by atomic mass is 10.3. The minimum Gasteiger partial charge on any atom is -0.282 e. The van der Waals surface area contributed by atoms with Crippen LogP contribution in [0.25, 0.3) is 5.65 Å². The summed E-state index contributed by atoms with van der Waals surface area (Å²) in [4.78, 5) is 17.9. The average molecular weight is 193 g/mol. The summed E-state index contributed by atoms with van der Waals surface area (Å²) < 4.78 is 1.66. The van der Waals surface area contributed by atoms with Gasteiger partial charge in [0.2, 0.25) is 4.77 Å². The van der Waals surface area contributed by atoms with E-state index in [1.165, 1.54) is 4.40 Å². The van der Waals surface area contributed by atoms with Gasteiger partial charge in [-0.15, -0.1) is 0 Å². The Morgan fingerprint density at radius 3 is 3.15 bits per heavy atom. The third-order valence-electron chi connectivity index (χ3n) is 1.80. The van der Waals surface area contributed by atoms with Gasteiger partial charge in [-0.2, -0.15) is 0 Å². The number of nitrogens with one attached hydrogen (secondary N) is 1.